The van der Waals surface area contributed by atoms with Gasteiger partial charge in [-0.2, -0.15) is 0 Å². The molecule has 27 heavy (non-hydrogen) atoms. The lowest BCUT2D eigenvalue weighted by molar-refractivity contribution is -0.150. The first kappa shape index (κ1) is 20.4. The molecule has 1 heterocycles. The molecular weight excluding hydrogens is 374 g/mol. The molecule has 0 aliphatic rings. The van der Waals surface area contributed by atoms with Crippen LogP contribution in [0.2, 0.25) is 5.02 Å². The number of benzene rings is 1. The maximum Gasteiger partial charge on any atom is 0.331 e. The molecule has 1 atom stereocenters. The van der Waals surface area contributed by atoms with Gasteiger partial charge in [-0.05, 0) is 42.8 Å². The van der Waals surface area contributed by atoms with Gasteiger partial charge in [0, 0.05) is 6.08 Å². The molecule has 0 saturated carbocycles. The van der Waals surface area contributed by atoms with Crippen LogP contribution in [-0.2, 0) is 20.9 Å². The van der Waals surface area contributed by atoms with Crippen LogP contribution in [0.5, 0.6) is 11.5 Å². The molecule has 0 aliphatic heterocycles. The normalized spacial score (nSPS) is 11.9. The maximum absolute atomic E-state index is 11.9. The Morgan fingerprint density at radius 3 is 2.70 bits per heavy atom. The van der Waals surface area contributed by atoms with E-state index < -0.39 is 18.0 Å². The number of methoxy groups -OCH3 is 2. The second-order valence-electron chi connectivity index (χ2n) is 5.45. The molecule has 0 fully saturated rings. The third kappa shape index (κ3) is 5.79. The van der Waals surface area contributed by atoms with Gasteiger partial charge in [-0.3, -0.25) is 4.79 Å². The van der Waals surface area contributed by atoms with Crippen LogP contribution in [0.4, 0.5) is 0 Å². The van der Waals surface area contributed by atoms with Gasteiger partial charge in [-0.1, -0.05) is 11.6 Å². The summed E-state index contributed by atoms with van der Waals surface area (Å²) in [5.74, 6) is 0.348. The van der Waals surface area contributed by atoms with Gasteiger partial charge in [0.2, 0.25) is 0 Å². The van der Waals surface area contributed by atoms with E-state index in [1.807, 2.05) is 0 Å². The summed E-state index contributed by atoms with van der Waals surface area (Å²) in [6, 6.07) is 6.73. The first-order chi connectivity index (χ1) is 12.9. The van der Waals surface area contributed by atoms with Crippen molar-refractivity contribution in [2.45, 2.75) is 19.6 Å². The van der Waals surface area contributed by atoms with E-state index >= 15 is 0 Å². The standard InChI is InChI=1S/C19H20ClNO6/c1-12(19(23)21-11-14-5-4-8-26-14)27-17(22)7-6-13-9-15(20)18(25-3)16(10-13)24-2/h4-10,12H,11H2,1-3H3,(H,21,23)/b7-6+. The number of esters is 1. The Morgan fingerprint density at radius 2 is 2.07 bits per heavy atom. The van der Waals surface area contributed by atoms with E-state index in [4.69, 9.17) is 30.2 Å². The Hall–Kier alpha value is -2.93. The summed E-state index contributed by atoms with van der Waals surface area (Å²) in [6.07, 6.45) is 3.26. The number of furan rings is 1. The van der Waals surface area contributed by atoms with Crippen molar-refractivity contribution in [1.82, 2.24) is 5.32 Å². The van der Waals surface area contributed by atoms with Crippen molar-refractivity contribution < 1.29 is 28.2 Å². The molecule has 1 unspecified atom stereocenters. The Labute approximate surface area is 161 Å². The predicted octanol–water partition coefficient (Wildman–Crippen LogP) is 3.21. The molecule has 8 heteroatoms. The number of ether oxygens (including phenoxy) is 3. The minimum Gasteiger partial charge on any atom is -0.493 e. The highest BCUT2D eigenvalue weighted by Gasteiger charge is 2.16. The van der Waals surface area contributed by atoms with E-state index in [-0.39, 0.29) is 6.54 Å². The molecule has 0 saturated heterocycles. The van der Waals surface area contributed by atoms with Gasteiger partial charge in [-0.25, -0.2) is 4.79 Å². The number of carbonyl (C=O) groups is 2. The van der Waals surface area contributed by atoms with E-state index in [0.717, 1.165) is 0 Å². The number of rotatable bonds is 8. The Kier molecular flexibility index (Phi) is 7.31. The van der Waals surface area contributed by atoms with Crippen molar-refractivity contribution in [2.75, 3.05) is 14.2 Å². The van der Waals surface area contributed by atoms with Gasteiger partial charge >= 0.3 is 5.97 Å². The molecule has 7 nitrogen and oxygen atoms in total. The second-order valence-corrected chi connectivity index (χ2v) is 5.86. The van der Waals surface area contributed by atoms with E-state index in [2.05, 4.69) is 5.32 Å². The molecule has 1 aromatic heterocycles. The first-order valence-corrected chi connectivity index (χ1v) is 8.42. The second kappa shape index (κ2) is 9.68. The summed E-state index contributed by atoms with van der Waals surface area (Å²) >= 11 is 6.12. The molecule has 144 valence electrons. The minimum absolute atomic E-state index is 0.216. The van der Waals surface area contributed by atoms with Crippen LogP contribution in [-0.4, -0.2) is 32.2 Å². The fourth-order valence-corrected chi connectivity index (χ4v) is 2.49. The van der Waals surface area contributed by atoms with Crippen LogP contribution in [0.3, 0.4) is 0 Å². The van der Waals surface area contributed by atoms with Gasteiger partial charge in [0.15, 0.2) is 17.6 Å². The highest BCUT2D eigenvalue weighted by molar-refractivity contribution is 6.32. The lowest BCUT2D eigenvalue weighted by Crippen LogP contribution is -2.35. The Morgan fingerprint density at radius 1 is 1.30 bits per heavy atom. The first-order valence-electron chi connectivity index (χ1n) is 8.05. The molecular formula is C19H20ClNO6. The zero-order valence-electron chi connectivity index (χ0n) is 15.2. The van der Waals surface area contributed by atoms with Crippen LogP contribution in [0.25, 0.3) is 6.08 Å². The van der Waals surface area contributed by atoms with E-state index in [9.17, 15) is 9.59 Å². The largest absolute Gasteiger partial charge is 0.493 e. The third-order valence-corrected chi connectivity index (χ3v) is 3.83. The molecule has 2 rings (SSSR count). The van der Waals surface area contributed by atoms with Crippen molar-refractivity contribution >= 4 is 29.6 Å². The van der Waals surface area contributed by atoms with Crippen LogP contribution in [0.1, 0.15) is 18.2 Å². The fourth-order valence-electron chi connectivity index (χ4n) is 2.20. The smallest absolute Gasteiger partial charge is 0.331 e. The fraction of sp³-hybridized carbons (Fsp3) is 0.263. The van der Waals surface area contributed by atoms with E-state index in [1.54, 1.807) is 24.3 Å². The number of amides is 1. The van der Waals surface area contributed by atoms with Crippen LogP contribution in [0, 0.1) is 0 Å². The van der Waals surface area contributed by atoms with E-state index in [1.165, 1.54) is 39.6 Å². The average Bonchev–Trinajstić information content (AvgIpc) is 3.17. The average molecular weight is 394 g/mol. The van der Waals surface area contributed by atoms with Crippen molar-refractivity contribution in [3.8, 4) is 11.5 Å². The molecule has 2 aromatic rings. The third-order valence-electron chi connectivity index (χ3n) is 3.55. The highest BCUT2D eigenvalue weighted by atomic mass is 35.5. The van der Waals surface area contributed by atoms with Crippen molar-refractivity contribution in [2.24, 2.45) is 0 Å². The molecule has 0 bridgehead atoms. The summed E-state index contributed by atoms with van der Waals surface area (Å²) in [6.45, 7) is 1.70. The monoisotopic (exact) mass is 393 g/mol. The molecule has 1 aromatic carbocycles. The summed E-state index contributed by atoms with van der Waals surface area (Å²) in [4.78, 5) is 23.9. The van der Waals surface area contributed by atoms with Crippen LogP contribution >= 0.6 is 11.6 Å². The van der Waals surface area contributed by atoms with Gasteiger partial charge in [-0.15, -0.1) is 0 Å². The van der Waals surface area contributed by atoms with Gasteiger partial charge < -0.3 is 23.9 Å². The molecule has 0 spiro atoms. The SMILES string of the molecule is COc1cc(/C=C/C(=O)OC(C)C(=O)NCc2ccco2)cc(Cl)c1OC. The lowest BCUT2D eigenvalue weighted by atomic mass is 10.2. The number of halogens is 1. The Bertz CT molecular complexity index is 816. The van der Waals surface area contributed by atoms with Crippen molar-refractivity contribution in [3.05, 3.63) is 53.0 Å². The molecule has 1 N–H and O–H groups in total. The van der Waals surface area contributed by atoms with Gasteiger partial charge in [0.05, 0.1) is 32.1 Å². The molecule has 0 aliphatic carbocycles. The number of hydrogen-bond donors (Lipinski definition) is 1. The predicted molar refractivity (Wildman–Crippen MR) is 99.7 cm³/mol. The minimum atomic E-state index is -0.953. The number of nitrogens with one attached hydrogen (secondary N) is 1. The van der Waals surface area contributed by atoms with Crippen LogP contribution < -0.4 is 14.8 Å². The maximum atomic E-state index is 11.9. The van der Waals surface area contributed by atoms with Crippen molar-refractivity contribution in [1.29, 1.82) is 0 Å². The summed E-state index contributed by atoms with van der Waals surface area (Å²) in [7, 11) is 2.97. The van der Waals surface area contributed by atoms with Crippen LogP contribution in [0.15, 0.2) is 41.0 Å². The molecule has 0 radical (unpaired) electrons. The Balaban J connectivity index is 1.92. The zero-order valence-corrected chi connectivity index (χ0v) is 15.9. The highest BCUT2D eigenvalue weighted by Crippen LogP contribution is 2.36. The van der Waals surface area contributed by atoms with Gasteiger partial charge in [0.25, 0.3) is 5.91 Å². The summed E-state index contributed by atoms with van der Waals surface area (Å²) in [5.41, 5.74) is 0.615. The van der Waals surface area contributed by atoms with Gasteiger partial charge in [0.1, 0.15) is 5.76 Å². The summed E-state index contributed by atoms with van der Waals surface area (Å²) in [5, 5.41) is 2.96. The lowest BCUT2D eigenvalue weighted by Gasteiger charge is -2.12. The quantitative estimate of drug-likeness (QED) is 0.547. The number of hydrogen-bond acceptors (Lipinski definition) is 6. The van der Waals surface area contributed by atoms with Crippen molar-refractivity contribution in [3.63, 3.8) is 0 Å². The summed E-state index contributed by atoms with van der Waals surface area (Å²) < 4.78 is 20.5. The number of carbonyl (C=O) groups excluding carboxylic acids is 2. The van der Waals surface area contributed by atoms with E-state index in [0.29, 0.717) is 27.8 Å². The zero-order chi connectivity index (χ0) is 19.8. The topological polar surface area (TPSA) is 87.0 Å². The molecule has 1 amide bonds.